The molecule has 1 atom stereocenters. The van der Waals surface area contributed by atoms with Gasteiger partial charge in [-0.2, -0.15) is 0 Å². The molecule has 1 unspecified atom stereocenters. The molecule has 0 saturated carbocycles. The van der Waals surface area contributed by atoms with Crippen LogP contribution < -0.4 is 10.2 Å². The van der Waals surface area contributed by atoms with Crippen molar-refractivity contribution >= 4 is 29.1 Å². The first kappa shape index (κ1) is 20.7. The fourth-order valence-electron chi connectivity index (χ4n) is 4.16. The molecule has 0 radical (unpaired) electrons. The van der Waals surface area contributed by atoms with Crippen molar-refractivity contribution in [3.8, 4) is 0 Å². The van der Waals surface area contributed by atoms with Crippen LogP contribution in [0.4, 0.5) is 11.4 Å². The van der Waals surface area contributed by atoms with Crippen molar-refractivity contribution in [2.45, 2.75) is 34.0 Å². The Hall–Kier alpha value is -3.55. The second kappa shape index (κ2) is 7.94. The molecule has 0 aromatic heterocycles. The summed E-state index contributed by atoms with van der Waals surface area (Å²) in [4.78, 5) is 41.3. The van der Waals surface area contributed by atoms with Crippen molar-refractivity contribution in [1.82, 2.24) is 4.90 Å². The van der Waals surface area contributed by atoms with Crippen LogP contribution in [0.25, 0.3) is 0 Å². The molecule has 2 aromatic rings. The van der Waals surface area contributed by atoms with Gasteiger partial charge in [-0.15, -0.1) is 0 Å². The third-order valence-corrected chi connectivity index (χ3v) is 5.66. The molecular formula is C23H26N5O3+. The standard InChI is InChI=1S/C23H25N5O3/c1-14-5-7-18(8-6-14)26-9-10-27-21(30)22(31)28(25-23(26)27)13-19(29)24-20-16(3)11-15(2)12-17(20)4/h5-8,11-12,23H,9-10,13H2,1-4H3/p+1. The zero-order valence-corrected chi connectivity index (χ0v) is 18.2. The maximum absolute atomic E-state index is 12.7. The van der Waals surface area contributed by atoms with Gasteiger partial charge in [0, 0.05) is 29.6 Å². The van der Waals surface area contributed by atoms with Gasteiger partial charge in [0.25, 0.3) is 18.7 Å². The number of carbonyl (C=O) groups excluding carboxylic acids is 3. The van der Waals surface area contributed by atoms with Crippen molar-refractivity contribution < 1.29 is 19.1 Å². The Morgan fingerprint density at radius 1 is 1.00 bits per heavy atom. The maximum Gasteiger partial charge on any atom is 0.502 e. The van der Waals surface area contributed by atoms with Crippen LogP contribution in [0.3, 0.4) is 0 Å². The average Bonchev–Trinajstić information content (AvgIpc) is 3.13. The molecule has 1 saturated heterocycles. The summed E-state index contributed by atoms with van der Waals surface area (Å²) in [5.41, 5.74) is 5.76. The summed E-state index contributed by atoms with van der Waals surface area (Å²) in [7, 11) is 0. The Labute approximate surface area is 181 Å². The number of aryl methyl sites for hydroxylation is 4. The van der Waals surface area contributed by atoms with Crippen LogP contribution >= 0.6 is 0 Å². The molecule has 2 heterocycles. The fourth-order valence-corrected chi connectivity index (χ4v) is 4.16. The summed E-state index contributed by atoms with van der Waals surface area (Å²) < 4.78 is 0.990. The van der Waals surface area contributed by atoms with Gasteiger partial charge < -0.3 is 10.2 Å². The molecule has 3 amide bonds. The minimum absolute atomic E-state index is 0.316. The van der Waals surface area contributed by atoms with E-state index in [4.69, 9.17) is 0 Å². The van der Waals surface area contributed by atoms with Gasteiger partial charge in [-0.1, -0.05) is 35.4 Å². The summed E-state index contributed by atoms with van der Waals surface area (Å²) in [6, 6.07) is 11.9. The number of nitrogens with zero attached hydrogens (tertiary/aromatic N) is 4. The van der Waals surface area contributed by atoms with Crippen molar-refractivity contribution in [3.63, 3.8) is 0 Å². The van der Waals surface area contributed by atoms with Gasteiger partial charge in [0.15, 0.2) is 0 Å². The lowest BCUT2D eigenvalue weighted by Gasteiger charge is -2.27. The molecule has 0 aliphatic carbocycles. The lowest BCUT2D eigenvalue weighted by atomic mass is 10.1. The van der Waals surface area contributed by atoms with Crippen molar-refractivity contribution in [1.29, 1.82) is 0 Å². The van der Waals surface area contributed by atoms with Crippen LogP contribution in [0.1, 0.15) is 22.3 Å². The van der Waals surface area contributed by atoms with E-state index in [0.717, 1.165) is 38.3 Å². The summed E-state index contributed by atoms with van der Waals surface area (Å²) in [5.74, 6) is -1.81. The highest BCUT2D eigenvalue weighted by Crippen LogP contribution is 2.27. The third-order valence-electron chi connectivity index (χ3n) is 5.66. The van der Waals surface area contributed by atoms with E-state index in [0.29, 0.717) is 13.1 Å². The molecule has 2 aliphatic heterocycles. The average molecular weight is 420 g/mol. The van der Waals surface area contributed by atoms with E-state index < -0.39 is 24.0 Å². The Kier molecular flexibility index (Phi) is 5.31. The van der Waals surface area contributed by atoms with Crippen LogP contribution in [0, 0.1) is 27.7 Å². The highest BCUT2D eigenvalue weighted by Gasteiger charge is 2.49. The second-order valence-electron chi connectivity index (χ2n) is 8.17. The molecule has 4 rings (SSSR count). The van der Waals surface area contributed by atoms with Gasteiger partial charge in [-0.3, -0.25) is 14.5 Å². The van der Waals surface area contributed by atoms with Crippen LogP contribution in [-0.2, 0) is 14.4 Å². The number of hydrogen-bond donors (Lipinski definition) is 1. The first-order chi connectivity index (χ1) is 14.7. The molecule has 2 aromatic carbocycles. The first-order valence-corrected chi connectivity index (χ1v) is 10.3. The summed E-state index contributed by atoms with van der Waals surface area (Å²) >= 11 is 0. The normalized spacial score (nSPS) is 18.2. The van der Waals surface area contributed by atoms with E-state index in [-0.39, 0.29) is 6.54 Å². The van der Waals surface area contributed by atoms with Crippen molar-refractivity contribution in [2.75, 3.05) is 29.9 Å². The number of rotatable bonds is 4. The SMILES string of the molecule is Cc1ccc(N2CCN3C(=O)C(=O)[N+](CC(=O)Nc4c(C)cc(C)cc4C)=NC32)cc1. The van der Waals surface area contributed by atoms with Gasteiger partial charge >= 0.3 is 11.8 Å². The largest absolute Gasteiger partial charge is 0.502 e. The van der Waals surface area contributed by atoms with Gasteiger partial charge in [0.05, 0.1) is 0 Å². The zero-order chi connectivity index (χ0) is 22.3. The van der Waals surface area contributed by atoms with E-state index in [1.54, 1.807) is 0 Å². The highest BCUT2D eigenvalue weighted by atomic mass is 16.2. The molecule has 160 valence electrons. The highest BCUT2D eigenvalue weighted by molar-refractivity contribution is 6.32. The molecule has 0 spiro atoms. The van der Waals surface area contributed by atoms with E-state index in [9.17, 15) is 14.4 Å². The van der Waals surface area contributed by atoms with E-state index in [1.165, 1.54) is 4.90 Å². The monoisotopic (exact) mass is 420 g/mol. The minimum atomic E-state index is -0.783. The molecule has 1 N–H and O–H groups in total. The predicted octanol–water partition coefficient (Wildman–Crippen LogP) is 2.50. The Morgan fingerprint density at radius 2 is 1.61 bits per heavy atom. The number of azo groups is 2. The summed E-state index contributed by atoms with van der Waals surface area (Å²) in [6.45, 7) is 8.51. The van der Waals surface area contributed by atoms with Crippen LogP contribution in [0.5, 0.6) is 0 Å². The number of fused-ring (bicyclic) bond motifs is 1. The van der Waals surface area contributed by atoms with Gasteiger partial charge in [-0.05, 0) is 55.7 Å². The zero-order valence-electron chi connectivity index (χ0n) is 18.2. The van der Waals surface area contributed by atoms with E-state index in [2.05, 4.69) is 10.4 Å². The lowest BCUT2D eigenvalue weighted by molar-refractivity contribution is -0.509. The molecule has 8 nitrogen and oxygen atoms in total. The number of amides is 3. The molecule has 1 fully saturated rings. The minimum Gasteiger partial charge on any atom is -0.326 e. The van der Waals surface area contributed by atoms with Gasteiger partial charge in [-0.25, -0.2) is 4.79 Å². The van der Waals surface area contributed by atoms with Crippen molar-refractivity contribution in [3.05, 3.63) is 58.7 Å². The van der Waals surface area contributed by atoms with Crippen LogP contribution in [0.15, 0.2) is 41.5 Å². The number of carbonyl (C=O) groups is 3. The first-order valence-electron chi connectivity index (χ1n) is 10.3. The number of benzene rings is 2. The van der Waals surface area contributed by atoms with Gasteiger partial charge in [0.1, 0.15) is 0 Å². The quantitative estimate of drug-likeness (QED) is 0.608. The van der Waals surface area contributed by atoms with E-state index >= 15 is 0 Å². The molecule has 31 heavy (non-hydrogen) atoms. The van der Waals surface area contributed by atoms with Crippen LogP contribution in [-0.4, -0.2) is 53.2 Å². The molecule has 2 aliphatic rings. The third kappa shape index (κ3) is 3.93. The smallest absolute Gasteiger partial charge is 0.326 e. The second-order valence-corrected chi connectivity index (χ2v) is 8.17. The molecule has 8 heteroatoms. The maximum atomic E-state index is 12.7. The lowest BCUT2D eigenvalue weighted by Crippen LogP contribution is -2.52. The number of anilines is 2. The Balaban J connectivity index is 1.57. The Morgan fingerprint density at radius 3 is 2.26 bits per heavy atom. The fraction of sp³-hybridized carbons (Fsp3) is 0.348. The van der Waals surface area contributed by atoms with Crippen molar-refractivity contribution in [2.24, 2.45) is 5.11 Å². The molecular weight excluding hydrogens is 394 g/mol. The molecule has 0 bridgehead atoms. The summed E-state index contributed by atoms with van der Waals surface area (Å²) in [6.07, 6.45) is -0.636. The number of hydrogen-bond acceptors (Lipinski definition) is 5. The summed E-state index contributed by atoms with van der Waals surface area (Å²) in [5, 5.41) is 7.32. The predicted molar refractivity (Wildman–Crippen MR) is 116 cm³/mol. The topological polar surface area (TPSA) is 85.1 Å². The van der Waals surface area contributed by atoms with Gasteiger partial charge in [0.2, 0.25) is 0 Å². The number of nitrogens with one attached hydrogen (secondary N) is 1. The Bertz CT molecular complexity index is 1080. The van der Waals surface area contributed by atoms with E-state index in [1.807, 2.05) is 69.0 Å². The van der Waals surface area contributed by atoms with Crippen LogP contribution in [0.2, 0.25) is 0 Å².